The molecule has 0 bridgehead atoms. The summed E-state index contributed by atoms with van der Waals surface area (Å²) in [6.07, 6.45) is 3.99. The Morgan fingerprint density at radius 3 is 2.50 bits per heavy atom. The molecule has 0 atom stereocenters. The van der Waals surface area contributed by atoms with Gasteiger partial charge in [-0.2, -0.15) is 5.26 Å². The normalized spacial score (nSPS) is 26.3. The molecule has 1 aliphatic rings. The Hall–Kier alpha value is -1.30. The van der Waals surface area contributed by atoms with Crippen LogP contribution in [0.15, 0.2) is 12.2 Å². The van der Waals surface area contributed by atoms with E-state index in [4.69, 9.17) is 10.00 Å². The minimum Gasteiger partial charge on any atom is -0.458 e. The first-order chi connectivity index (χ1) is 6.63. The van der Waals surface area contributed by atoms with Gasteiger partial charge in [-0.3, -0.25) is 0 Å². The van der Waals surface area contributed by atoms with Gasteiger partial charge in [0.25, 0.3) is 0 Å². The topological polar surface area (TPSA) is 50.1 Å². The quantitative estimate of drug-likeness (QED) is 0.383. The van der Waals surface area contributed by atoms with E-state index in [-0.39, 0.29) is 11.7 Å². The van der Waals surface area contributed by atoms with Crippen LogP contribution in [-0.4, -0.2) is 12.1 Å². The lowest BCUT2D eigenvalue weighted by Gasteiger charge is -2.25. The largest absolute Gasteiger partial charge is 0.458 e. The monoisotopic (exact) mass is 193 g/mol. The molecule has 0 N–H and O–H groups in total. The fourth-order valence-corrected chi connectivity index (χ4v) is 1.62. The van der Waals surface area contributed by atoms with Crippen molar-refractivity contribution in [2.24, 2.45) is 5.92 Å². The average molecular weight is 193 g/mol. The number of esters is 1. The molecule has 0 amide bonds. The number of nitriles is 1. The van der Waals surface area contributed by atoms with Gasteiger partial charge in [-0.25, -0.2) is 4.79 Å². The van der Waals surface area contributed by atoms with Crippen LogP contribution >= 0.6 is 0 Å². The first-order valence-corrected chi connectivity index (χ1v) is 4.93. The molecule has 0 aromatic heterocycles. The van der Waals surface area contributed by atoms with Crippen molar-refractivity contribution >= 4 is 5.97 Å². The third-order valence-corrected chi connectivity index (χ3v) is 2.62. The lowest BCUT2D eigenvalue weighted by atomic mass is 9.89. The zero-order chi connectivity index (χ0) is 10.6. The van der Waals surface area contributed by atoms with Gasteiger partial charge in [0.15, 0.2) is 0 Å². The van der Waals surface area contributed by atoms with Crippen LogP contribution in [0, 0.1) is 17.2 Å². The number of hydrogen-bond donors (Lipinski definition) is 0. The van der Waals surface area contributed by atoms with Crippen molar-refractivity contribution in [1.82, 2.24) is 0 Å². The van der Waals surface area contributed by atoms with Crippen LogP contribution in [-0.2, 0) is 9.53 Å². The molecule has 1 rings (SSSR count). The van der Waals surface area contributed by atoms with Crippen molar-refractivity contribution in [3.05, 3.63) is 12.2 Å². The Bertz CT molecular complexity index is 270. The molecule has 0 aliphatic heterocycles. The van der Waals surface area contributed by atoms with E-state index in [1.165, 1.54) is 0 Å². The van der Waals surface area contributed by atoms with E-state index in [2.05, 4.69) is 13.5 Å². The summed E-state index contributed by atoms with van der Waals surface area (Å²) in [5, 5.41) is 8.43. The second-order valence-corrected chi connectivity index (χ2v) is 3.88. The van der Waals surface area contributed by atoms with Gasteiger partial charge in [0, 0.05) is 0 Å². The van der Waals surface area contributed by atoms with Gasteiger partial charge in [0.05, 0.1) is 0 Å². The van der Waals surface area contributed by atoms with Crippen LogP contribution in [0.3, 0.4) is 0 Å². The van der Waals surface area contributed by atoms with Crippen molar-refractivity contribution in [2.75, 3.05) is 0 Å². The molecule has 1 fully saturated rings. The van der Waals surface area contributed by atoms with Crippen LogP contribution in [0.4, 0.5) is 0 Å². The summed E-state index contributed by atoms with van der Waals surface area (Å²) in [6, 6.07) is 1.69. The Morgan fingerprint density at radius 2 is 2.00 bits per heavy atom. The first-order valence-electron chi connectivity index (χ1n) is 4.93. The molecule has 0 aromatic rings. The van der Waals surface area contributed by atoms with Crippen molar-refractivity contribution in [3.8, 4) is 6.07 Å². The third kappa shape index (κ3) is 2.88. The van der Waals surface area contributed by atoms with Crippen LogP contribution in [0.2, 0.25) is 0 Å². The predicted molar refractivity (Wildman–Crippen MR) is 52.3 cm³/mol. The highest BCUT2D eigenvalue weighted by molar-refractivity contribution is 5.92. The minimum atomic E-state index is -0.563. The molecule has 76 valence electrons. The SMILES string of the molecule is C=C(C#N)C(=O)OC1CCC(C)CC1. The molecule has 0 radical (unpaired) electrons. The minimum absolute atomic E-state index is 0.0104. The Kier molecular flexibility index (Phi) is 3.70. The average Bonchev–Trinajstić information content (AvgIpc) is 2.20. The lowest BCUT2D eigenvalue weighted by molar-refractivity contribution is -0.145. The van der Waals surface area contributed by atoms with Gasteiger partial charge in [0.2, 0.25) is 0 Å². The standard InChI is InChI=1S/C11H15NO2/c1-8-3-5-10(6-4-8)14-11(13)9(2)7-12/h8,10H,2-6H2,1H3. The molecule has 14 heavy (non-hydrogen) atoms. The zero-order valence-electron chi connectivity index (χ0n) is 8.45. The van der Waals surface area contributed by atoms with Gasteiger partial charge >= 0.3 is 5.97 Å². The van der Waals surface area contributed by atoms with Gasteiger partial charge in [-0.05, 0) is 31.6 Å². The number of nitrogens with zero attached hydrogens (tertiary/aromatic N) is 1. The van der Waals surface area contributed by atoms with Crippen molar-refractivity contribution in [2.45, 2.75) is 38.7 Å². The molecular weight excluding hydrogens is 178 g/mol. The highest BCUT2D eigenvalue weighted by Gasteiger charge is 2.22. The third-order valence-electron chi connectivity index (χ3n) is 2.62. The second kappa shape index (κ2) is 4.80. The van der Waals surface area contributed by atoms with E-state index in [9.17, 15) is 4.79 Å². The van der Waals surface area contributed by atoms with E-state index < -0.39 is 5.97 Å². The van der Waals surface area contributed by atoms with Crippen molar-refractivity contribution < 1.29 is 9.53 Å². The predicted octanol–water partition coefficient (Wildman–Crippen LogP) is 2.19. The van der Waals surface area contributed by atoms with Crippen molar-refractivity contribution in [1.29, 1.82) is 5.26 Å². The molecule has 0 heterocycles. The van der Waals surface area contributed by atoms with Gasteiger partial charge in [-0.1, -0.05) is 13.5 Å². The highest BCUT2D eigenvalue weighted by Crippen LogP contribution is 2.25. The van der Waals surface area contributed by atoms with Crippen LogP contribution < -0.4 is 0 Å². The number of rotatable bonds is 2. The molecule has 0 aromatic carbocycles. The Morgan fingerprint density at radius 1 is 1.43 bits per heavy atom. The van der Waals surface area contributed by atoms with Crippen LogP contribution in [0.1, 0.15) is 32.6 Å². The molecule has 0 spiro atoms. The fourth-order valence-electron chi connectivity index (χ4n) is 1.62. The number of ether oxygens (including phenoxy) is 1. The molecule has 3 nitrogen and oxygen atoms in total. The van der Waals surface area contributed by atoms with Crippen LogP contribution in [0.25, 0.3) is 0 Å². The fraction of sp³-hybridized carbons (Fsp3) is 0.636. The maximum Gasteiger partial charge on any atom is 0.348 e. The van der Waals surface area contributed by atoms with Gasteiger partial charge in [0.1, 0.15) is 17.7 Å². The van der Waals surface area contributed by atoms with E-state index in [1.807, 2.05) is 0 Å². The smallest absolute Gasteiger partial charge is 0.348 e. The summed E-state index contributed by atoms with van der Waals surface area (Å²) in [6.45, 7) is 5.52. The van der Waals surface area contributed by atoms with E-state index >= 15 is 0 Å². The maximum absolute atomic E-state index is 11.2. The first kappa shape index (κ1) is 10.8. The Balaban J connectivity index is 2.35. The lowest BCUT2D eigenvalue weighted by Crippen LogP contribution is -2.23. The molecule has 0 saturated heterocycles. The summed E-state index contributed by atoms with van der Waals surface area (Å²) in [5.74, 6) is 0.163. The van der Waals surface area contributed by atoms with Crippen molar-refractivity contribution in [3.63, 3.8) is 0 Å². The molecule has 1 saturated carbocycles. The summed E-state index contributed by atoms with van der Waals surface area (Å²) in [4.78, 5) is 11.2. The summed E-state index contributed by atoms with van der Waals surface area (Å²) in [7, 11) is 0. The molecule has 3 heteroatoms. The summed E-state index contributed by atoms with van der Waals surface area (Å²) in [5.41, 5.74) is -0.108. The van der Waals surface area contributed by atoms with Crippen LogP contribution in [0.5, 0.6) is 0 Å². The maximum atomic E-state index is 11.2. The second-order valence-electron chi connectivity index (χ2n) is 3.88. The summed E-state index contributed by atoms with van der Waals surface area (Å²) < 4.78 is 5.13. The van der Waals surface area contributed by atoms with E-state index in [1.54, 1.807) is 6.07 Å². The number of hydrogen-bond acceptors (Lipinski definition) is 3. The van der Waals surface area contributed by atoms with Gasteiger partial charge < -0.3 is 4.74 Å². The molecular formula is C11H15NO2. The van der Waals surface area contributed by atoms with E-state index in [0.717, 1.165) is 31.6 Å². The number of carbonyl (C=O) groups excluding carboxylic acids is 1. The summed E-state index contributed by atoms with van der Waals surface area (Å²) >= 11 is 0. The highest BCUT2D eigenvalue weighted by atomic mass is 16.5. The zero-order valence-corrected chi connectivity index (χ0v) is 8.45. The molecule has 0 unspecified atom stereocenters. The molecule has 1 aliphatic carbocycles. The van der Waals surface area contributed by atoms with E-state index in [0.29, 0.717) is 0 Å². The van der Waals surface area contributed by atoms with Gasteiger partial charge in [-0.15, -0.1) is 0 Å². The number of carbonyl (C=O) groups is 1. The Labute approximate surface area is 84.4 Å².